The fourth-order valence-electron chi connectivity index (χ4n) is 1.75. The molecular formula is C14H16FN3. The number of para-hydroxylation sites is 1. The highest BCUT2D eigenvalue weighted by Crippen LogP contribution is 2.25. The monoisotopic (exact) mass is 245 g/mol. The fourth-order valence-corrected chi connectivity index (χ4v) is 1.75. The van der Waals surface area contributed by atoms with Gasteiger partial charge in [-0.05, 0) is 36.8 Å². The number of pyridine rings is 1. The van der Waals surface area contributed by atoms with E-state index in [4.69, 9.17) is 5.73 Å². The van der Waals surface area contributed by atoms with Gasteiger partial charge in [0.25, 0.3) is 0 Å². The Labute approximate surface area is 106 Å². The Morgan fingerprint density at radius 2 is 2.00 bits per heavy atom. The first-order chi connectivity index (χ1) is 8.59. The molecule has 0 aliphatic carbocycles. The van der Waals surface area contributed by atoms with E-state index in [2.05, 4.69) is 4.98 Å². The summed E-state index contributed by atoms with van der Waals surface area (Å²) in [6.45, 7) is 1.90. The first kappa shape index (κ1) is 12.5. The van der Waals surface area contributed by atoms with Gasteiger partial charge in [0, 0.05) is 19.3 Å². The van der Waals surface area contributed by atoms with Gasteiger partial charge >= 0.3 is 0 Å². The first-order valence-corrected chi connectivity index (χ1v) is 5.79. The predicted molar refractivity (Wildman–Crippen MR) is 71.3 cm³/mol. The Bertz CT molecular complexity index is 540. The van der Waals surface area contributed by atoms with Crippen LogP contribution >= 0.6 is 0 Å². The third-order valence-corrected chi connectivity index (χ3v) is 2.85. The summed E-state index contributed by atoms with van der Waals surface area (Å²) >= 11 is 0. The van der Waals surface area contributed by atoms with Crippen molar-refractivity contribution in [3.05, 3.63) is 54.0 Å². The summed E-state index contributed by atoms with van der Waals surface area (Å²) in [5, 5.41) is 0. The Hall–Kier alpha value is -1.94. The highest BCUT2D eigenvalue weighted by Gasteiger charge is 2.11. The summed E-state index contributed by atoms with van der Waals surface area (Å²) in [6, 6.07) is 10.3. The van der Waals surface area contributed by atoms with Crippen molar-refractivity contribution < 1.29 is 4.39 Å². The lowest BCUT2D eigenvalue weighted by molar-refractivity contribution is 0.627. The smallest absolute Gasteiger partial charge is 0.146 e. The number of hydrogen-bond acceptors (Lipinski definition) is 3. The molecule has 0 aliphatic rings. The Morgan fingerprint density at radius 3 is 2.67 bits per heavy atom. The van der Waals surface area contributed by atoms with Crippen LogP contribution in [0.15, 0.2) is 42.6 Å². The normalized spacial score (nSPS) is 12.2. The number of rotatable bonds is 3. The van der Waals surface area contributed by atoms with E-state index in [1.807, 2.05) is 19.1 Å². The van der Waals surface area contributed by atoms with Crippen molar-refractivity contribution in [2.75, 3.05) is 11.9 Å². The minimum Gasteiger partial charge on any atom is -0.327 e. The molecule has 0 bridgehead atoms. The molecule has 18 heavy (non-hydrogen) atoms. The number of nitrogens with two attached hydrogens (primary N) is 1. The lowest BCUT2D eigenvalue weighted by Crippen LogP contribution is -2.14. The molecule has 1 heterocycles. The lowest BCUT2D eigenvalue weighted by atomic mass is 10.1. The van der Waals surface area contributed by atoms with Crippen LogP contribution < -0.4 is 10.6 Å². The molecule has 1 aromatic carbocycles. The van der Waals surface area contributed by atoms with Crippen molar-refractivity contribution in [1.82, 2.24) is 4.98 Å². The Kier molecular flexibility index (Phi) is 3.58. The standard InChI is InChI=1S/C14H16FN3/c1-10(16)11-7-8-17-14(9-11)18(2)13-6-4-3-5-12(13)15/h3-10H,16H2,1-2H3/t10-/m1/s1. The predicted octanol–water partition coefficient (Wildman–Crippen LogP) is 3.01. The second-order valence-corrected chi connectivity index (χ2v) is 4.25. The highest BCUT2D eigenvalue weighted by molar-refractivity contribution is 5.60. The third kappa shape index (κ3) is 2.49. The largest absolute Gasteiger partial charge is 0.327 e. The van der Waals surface area contributed by atoms with Crippen LogP contribution in [0.2, 0.25) is 0 Å². The maximum absolute atomic E-state index is 13.7. The average molecular weight is 245 g/mol. The fraction of sp³-hybridized carbons (Fsp3) is 0.214. The molecule has 0 saturated carbocycles. The summed E-state index contributed by atoms with van der Waals surface area (Å²) in [6.07, 6.45) is 1.69. The molecule has 94 valence electrons. The second kappa shape index (κ2) is 5.14. The third-order valence-electron chi connectivity index (χ3n) is 2.85. The SMILES string of the molecule is C[C@@H](N)c1ccnc(N(C)c2ccccc2F)c1. The first-order valence-electron chi connectivity index (χ1n) is 5.79. The van der Waals surface area contributed by atoms with Gasteiger partial charge < -0.3 is 10.6 Å². The summed E-state index contributed by atoms with van der Waals surface area (Å²) < 4.78 is 13.7. The van der Waals surface area contributed by atoms with Gasteiger partial charge in [0.1, 0.15) is 11.6 Å². The molecule has 2 aromatic rings. The topological polar surface area (TPSA) is 42.1 Å². The molecule has 2 rings (SSSR count). The van der Waals surface area contributed by atoms with Crippen LogP contribution in [0.1, 0.15) is 18.5 Å². The van der Waals surface area contributed by atoms with Crippen molar-refractivity contribution in [1.29, 1.82) is 0 Å². The number of aromatic nitrogens is 1. The van der Waals surface area contributed by atoms with E-state index < -0.39 is 0 Å². The van der Waals surface area contributed by atoms with Crippen molar-refractivity contribution in [3.63, 3.8) is 0 Å². The molecule has 0 aliphatic heterocycles. The average Bonchev–Trinajstić information content (AvgIpc) is 2.38. The maximum Gasteiger partial charge on any atom is 0.146 e. The summed E-state index contributed by atoms with van der Waals surface area (Å²) in [4.78, 5) is 5.95. The van der Waals surface area contributed by atoms with Gasteiger partial charge in [-0.3, -0.25) is 0 Å². The number of halogens is 1. The molecule has 0 fully saturated rings. The summed E-state index contributed by atoms with van der Waals surface area (Å²) in [5.74, 6) is 0.405. The molecular weight excluding hydrogens is 229 g/mol. The Morgan fingerprint density at radius 1 is 1.28 bits per heavy atom. The molecule has 0 saturated heterocycles. The molecule has 1 aromatic heterocycles. The van der Waals surface area contributed by atoms with Crippen LogP contribution in [0.5, 0.6) is 0 Å². The lowest BCUT2D eigenvalue weighted by Gasteiger charge is -2.20. The maximum atomic E-state index is 13.7. The zero-order chi connectivity index (χ0) is 13.1. The molecule has 0 unspecified atom stereocenters. The Balaban J connectivity index is 2.37. The minimum absolute atomic E-state index is 0.0687. The van der Waals surface area contributed by atoms with E-state index in [0.717, 1.165) is 5.56 Å². The van der Waals surface area contributed by atoms with E-state index in [1.165, 1.54) is 6.07 Å². The molecule has 0 radical (unpaired) electrons. The van der Waals surface area contributed by atoms with E-state index in [0.29, 0.717) is 11.5 Å². The van der Waals surface area contributed by atoms with E-state index in [9.17, 15) is 4.39 Å². The van der Waals surface area contributed by atoms with Crippen molar-refractivity contribution in [2.45, 2.75) is 13.0 Å². The van der Waals surface area contributed by atoms with Gasteiger partial charge in [0.2, 0.25) is 0 Å². The minimum atomic E-state index is -0.270. The highest BCUT2D eigenvalue weighted by atomic mass is 19.1. The molecule has 2 N–H and O–H groups in total. The van der Waals surface area contributed by atoms with Crippen LogP contribution in [0.25, 0.3) is 0 Å². The van der Waals surface area contributed by atoms with Crippen LogP contribution in [0.3, 0.4) is 0 Å². The second-order valence-electron chi connectivity index (χ2n) is 4.25. The van der Waals surface area contributed by atoms with E-state index in [-0.39, 0.29) is 11.9 Å². The molecule has 4 heteroatoms. The van der Waals surface area contributed by atoms with Crippen LogP contribution in [0, 0.1) is 5.82 Å². The van der Waals surface area contributed by atoms with E-state index in [1.54, 1.807) is 36.3 Å². The zero-order valence-corrected chi connectivity index (χ0v) is 10.5. The van der Waals surface area contributed by atoms with Gasteiger partial charge in [-0.25, -0.2) is 9.37 Å². The molecule has 1 atom stereocenters. The van der Waals surface area contributed by atoms with Gasteiger partial charge in [0.05, 0.1) is 5.69 Å². The van der Waals surface area contributed by atoms with Gasteiger partial charge in [0.15, 0.2) is 0 Å². The van der Waals surface area contributed by atoms with Crippen molar-refractivity contribution in [3.8, 4) is 0 Å². The van der Waals surface area contributed by atoms with Crippen LogP contribution in [-0.2, 0) is 0 Å². The van der Waals surface area contributed by atoms with Crippen LogP contribution in [0.4, 0.5) is 15.9 Å². The number of hydrogen-bond donors (Lipinski definition) is 1. The van der Waals surface area contributed by atoms with Crippen molar-refractivity contribution >= 4 is 11.5 Å². The zero-order valence-electron chi connectivity index (χ0n) is 10.5. The summed E-state index contributed by atoms with van der Waals surface area (Å²) in [5.41, 5.74) is 7.30. The van der Waals surface area contributed by atoms with Crippen LogP contribution in [-0.4, -0.2) is 12.0 Å². The van der Waals surface area contributed by atoms with Crippen molar-refractivity contribution in [2.24, 2.45) is 5.73 Å². The van der Waals surface area contributed by atoms with Gasteiger partial charge in [-0.2, -0.15) is 0 Å². The molecule has 0 amide bonds. The summed E-state index contributed by atoms with van der Waals surface area (Å²) in [7, 11) is 1.78. The quantitative estimate of drug-likeness (QED) is 0.903. The number of anilines is 2. The molecule has 3 nitrogen and oxygen atoms in total. The molecule has 0 spiro atoms. The van der Waals surface area contributed by atoms with E-state index >= 15 is 0 Å². The van der Waals surface area contributed by atoms with Gasteiger partial charge in [-0.15, -0.1) is 0 Å². The van der Waals surface area contributed by atoms with Gasteiger partial charge in [-0.1, -0.05) is 12.1 Å². The number of benzene rings is 1. The number of nitrogens with zero attached hydrogens (tertiary/aromatic N) is 2.